The molecular weight excluding hydrogens is 294 g/mol. The predicted molar refractivity (Wildman–Crippen MR) is 90.5 cm³/mol. The second-order valence-corrected chi connectivity index (χ2v) is 6.32. The molecular formula is C19H20ClNO. The Labute approximate surface area is 136 Å². The van der Waals surface area contributed by atoms with E-state index in [0.29, 0.717) is 12.5 Å². The summed E-state index contributed by atoms with van der Waals surface area (Å²) in [7, 11) is 0. The van der Waals surface area contributed by atoms with Crippen molar-refractivity contribution >= 4 is 17.5 Å². The van der Waals surface area contributed by atoms with Crippen molar-refractivity contribution in [2.45, 2.75) is 31.6 Å². The highest BCUT2D eigenvalue weighted by Crippen LogP contribution is 2.36. The molecule has 1 amide bonds. The number of carbonyl (C=O) groups is 1. The molecule has 114 valence electrons. The van der Waals surface area contributed by atoms with Gasteiger partial charge in [-0.1, -0.05) is 42.3 Å². The molecule has 1 saturated carbocycles. The lowest BCUT2D eigenvalue weighted by atomic mass is 9.80. The first-order chi connectivity index (χ1) is 10.7. The lowest BCUT2D eigenvalue weighted by Gasteiger charge is -2.25. The summed E-state index contributed by atoms with van der Waals surface area (Å²) in [6.45, 7) is 0.630. The first-order valence-corrected chi connectivity index (χ1v) is 8.23. The maximum atomic E-state index is 12.1. The van der Waals surface area contributed by atoms with Gasteiger partial charge in [0.15, 0.2) is 0 Å². The van der Waals surface area contributed by atoms with Gasteiger partial charge in [0, 0.05) is 17.1 Å². The topological polar surface area (TPSA) is 29.1 Å². The van der Waals surface area contributed by atoms with Gasteiger partial charge in [0.25, 0.3) is 5.91 Å². The molecule has 0 unspecified atom stereocenters. The van der Waals surface area contributed by atoms with Crippen molar-refractivity contribution < 1.29 is 4.79 Å². The Kier molecular flexibility index (Phi) is 4.79. The molecule has 0 aromatic heterocycles. The molecule has 2 aromatic carbocycles. The van der Waals surface area contributed by atoms with Crippen LogP contribution in [-0.2, 0) is 6.42 Å². The number of nitrogens with one attached hydrogen (secondary N) is 1. The van der Waals surface area contributed by atoms with Gasteiger partial charge in [-0.3, -0.25) is 4.79 Å². The first-order valence-electron chi connectivity index (χ1n) is 7.85. The molecule has 1 fully saturated rings. The van der Waals surface area contributed by atoms with Crippen molar-refractivity contribution in [1.29, 1.82) is 0 Å². The Morgan fingerprint density at radius 3 is 2.32 bits per heavy atom. The lowest BCUT2D eigenvalue weighted by molar-refractivity contribution is 0.0954. The number of halogens is 1. The quantitative estimate of drug-likeness (QED) is 0.860. The maximum absolute atomic E-state index is 12.1. The van der Waals surface area contributed by atoms with Gasteiger partial charge in [0.1, 0.15) is 0 Å². The monoisotopic (exact) mass is 313 g/mol. The molecule has 0 spiro atoms. The molecule has 0 radical (unpaired) electrons. The molecule has 0 atom stereocenters. The second-order valence-electron chi connectivity index (χ2n) is 5.88. The Bertz CT molecular complexity index is 629. The van der Waals surface area contributed by atoms with E-state index in [1.165, 1.54) is 30.4 Å². The molecule has 1 N–H and O–H groups in total. The second kappa shape index (κ2) is 6.97. The third-order valence-electron chi connectivity index (χ3n) is 4.36. The largest absolute Gasteiger partial charge is 0.352 e. The highest BCUT2D eigenvalue weighted by atomic mass is 35.5. The minimum atomic E-state index is -0.00544. The molecule has 0 saturated heterocycles. The third kappa shape index (κ3) is 3.69. The van der Waals surface area contributed by atoms with E-state index in [2.05, 4.69) is 17.4 Å². The zero-order chi connectivity index (χ0) is 15.4. The van der Waals surface area contributed by atoms with Crippen molar-refractivity contribution in [2.75, 3.05) is 6.54 Å². The molecule has 0 heterocycles. The summed E-state index contributed by atoms with van der Waals surface area (Å²) in [5.41, 5.74) is 3.27. The highest BCUT2D eigenvalue weighted by Gasteiger charge is 2.19. The van der Waals surface area contributed by atoms with Crippen molar-refractivity contribution in [1.82, 2.24) is 5.32 Å². The Morgan fingerprint density at radius 2 is 1.73 bits per heavy atom. The molecule has 0 aliphatic heterocycles. The molecule has 1 aliphatic carbocycles. The van der Waals surface area contributed by atoms with Crippen molar-refractivity contribution in [3.63, 3.8) is 0 Å². The van der Waals surface area contributed by atoms with Crippen LogP contribution in [0.5, 0.6) is 0 Å². The Morgan fingerprint density at radius 1 is 1.05 bits per heavy atom. The fourth-order valence-corrected chi connectivity index (χ4v) is 2.85. The number of carbonyl (C=O) groups excluding carboxylic acids is 1. The summed E-state index contributed by atoms with van der Waals surface area (Å²) in [6.07, 6.45) is 4.71. The zero-order valence-corrected chi connectivity index (χ0v) is 13.3. The van der Waals surface area contributed by atoms with E-state index >= 15 is 0 Å². The smallest absolute Gasteiger partial charge is 0.251 e. The van der Waals surface area contributed by atoms with Gasteiger partial charge < -0.3 is 5.32 Å². The van der Waals surface area contributed by atoms with Crippen LogP contribution in [0, 0.1) is 0 Å². The number of rotatable bonds is 5. The van der Waals surface area contributed by atoms with Crippen LogP contribution in [0.2, 0.25) is 5.02 Å². The summed E-state index contributed by atoms with van der Waals surface area (Å²) >= 11 is 5.86. The van der Waals surface area contributed by atoms with Gasteiger partial charge in [-0.05, 0) is 60.6 Å². The van der Waals surface area contributed by atoms with Crippen LogP contribution in [0.15, 0.2) is 48.5 Å². The van der Waals surface area contributed by atoms with Crippen LogP contribution in [0.4, 0.5) is 0 Å². The van der Waals surface area contributed by atoms with Gasteiger partial charge in [-0.15, -0.1) is 0 Å². The summed E-state index contributed by atoms with van der Waals surface area (Å²) < 4.78 is 0. The van der Waals surface area contributed by atoms with Gasteiger partial charge in [0.2, 0.25) is 0 Å². The minimum Gasteiger partial charge on any atom is -0.352 e. The normalized spacial score (nSPS) is 14.4. The van der Waals surface area contributed by atoms with Crippen LogP contribution in [-0.4, -0.2) is 12.5 Å². The number of benzene rings is 2. The molecule has 3 rings (SSSR count). The van der Waals surface area contributed by atoms with E-state index in [0.717, 1.165) is 17.0 Å². The number of amides is 1. The van der Waals surface area contributed by atoms with Crippen molar-refractivity contribution in [3.05, 3.63) is 70.2 Å². The summed E-state index contributed by atoms with van der Waals surface area (Å²) in [5, 5.41) is 3.70. The predicted octanol–water partition coefficient (Wildman–Crippen LogP) is 4.58. The molecule has 2 nitrogen and oxygen atoms in total. The lowest BCUT2D eigenvalue weighted by Crippen LogP contribution is -2.25. The fourth-order valence-electron chi connectivity index (χ4n) is 2.72. The standard InChI is InChI=1S/C19H20ClNO/c20-18-10-4-14(5-11-18)12-13-21-19(22)17-8-6-16(7-9-17)15-2-1-3-15/h4-11,15H,1-3,12-13H2,(H,21,22). The van der Waals surface area contributed by atoms with E-state index in [4.69, 9.17) is 11.6 Å². The number of hydrogen-bond acceptors (Lipinski definition) is 1. The molecule has 2 aromatic rings. The SMILES string of the molecule is O=C(NCCc1ccc(Cl)cc1)c1ccc(C2CCC2)cc1. The van der Waals surface area contributed by atoms with E-state index in [1.807, 2.05) is 36.4 Å². The number of hydrogen-bond donors (Lipinski definition) is 1. The molecule has 22 heavy (non-hydrogen) atoms. The van der Waals surface area contributed by atoms with Crippen molar-refractivity contribution in [3.8, 4) is 0 Å². The van der Waals surface area contributed by atoms with E-state index in [9.17, 15) is 4.79 Å². The van der Waals surface area contributed by atoms with Gasteiger partial charge >= 0.3 is 0 Å². The summed E-state index contributed by atoms with van der Waals surface area (Å²) in [4.78, 5) is 12.1. The van der Waals surface area contributed by atoms with Gasteiger partial charge in [-0.25, -0.2) is 0 Å². The molecule has 1 aliphatic rings. The first kappa shape index (κ1) is 15.1. The van der Waals surface area contributed by atoms with Crippen LogP contribution < -0.4 is 5.32 Å². The zero-order valence-electron chi connectivity index (χ0n) is 12.5. The van der Waals surface area contributed by atoms with E-state index in [1.54, 1.807) is 0 Å². The minimum absolute atomic E-state index is 0.00544. The van der Waals surface area contributed by atoms with Crippen LogP contribution in [0.3, 0.4) is 0 Å². The molecule has 0 bridgehead atoms. The maximum Gasteiger partial charge on any atom is 0.251 e. The van der Waals surface area contributed by atoms with Crippen LogP contribution in [0.1, 0.15) is 46.7 Å². The average molecular weight is 314 g/mol. The van der Waals surface area contributed by atoms with E-state index in [-0.39, 0.29) is 5.91 Å². The molecule has 3 heteroatoms. The third-order valence-corrected chi connectivity index (χ3v) is 4.61. The van der Waals surface area contributed by atoms with Gasteiger partial charge in [-0.2, -0.15) is 0 Å². The Balaban J connectivity index is 1.49. The van der Waals surface area contributed by atoms with Crippen molar-refractivity contribution in [2.24, 2.45) is 0 Å². The Hall–Kier alpha value is -1.80. The highest BCUT2D eigenvalue weighted by molar-refractivity contribution is 6.30. The summed E-state index contributed by atoms with van der Waals surface area (Å²) in [5.74, 6) is 0.705. The van der Waals surface area contributed by atoms with Gasteiger partial charge in [0.05, 0.1) is 0 Å². The van der Waals surface area contributed by atoms with E-state index < -0.39 is 0 Å². The van der Waals surface area contributed by atoms with Crippen LogP contribution in [0.25, 0.3) is 0 Å². The van der Waals surface area contributed by atoms with Crippen LogP contribution >= 0.6 is 11.6 Å². The fraction of sp³-hybridized carbons (Fsp3) is 0.316. The summed E-state index contributed by atoms with van der Waals surface area (Å²) in [6, 6.07) is 15.8. The average Bonchev–Trinajstić information content (AvgIpc) is 2.48.